The largest absolute Gasteiger partial charge is 0.484 e. The summed E-state index contributed by atoms with van der Waals surface area (Å²) in [5, 5.41) is 0. The van der Waals surface area contributed by atoms with Crippen molar-refractivity contribution >= 4 is 5.91 Å². The van der Waals surface area contributed by atoms with Crippen molar-refractivity contribution in [3.05, 3.63) is 29.8 Å². The topological polar surface area (TPSA) is 34.0 Å². The highest BCUT2D eigenvalue weighted by Crippen LogP contribution is 2.12. The third-order valence-corrected chi connectivity index (χ3v) is 3.93. The lowest BCUT2D eigenvalue weighted by Crippen LogP contribution is -3.17. The molecule has 1 aromatic carbocycles. The minimum Gasteiger partial charge on any atom is -0.484 e. The molecule has 110 valence electrons. The SMILES string of the molecule is Cc1cccc(OCC(=O)N2CC[NH+](C(C)C)CC2)c1. The maximum absolute atomic E-state index is 12.1. The number of rotatable bonds is 4. The average molecular weight is 277 g/mol. The summed E-state index contributed by atoms with van der Waals surface area (Å²) in [6, 6.07) is 8.44. The van der Waals surface area contributed by atoms with Crippen LogP contribution in [0.1, 0.15) is 19.4 Å². The molecule has 0 saturated carbocycles. The zero-order chi connectivity index (χ0) is 14.5. The molecule has 0 unspecified atom stereocenters. The molecule has 4 nitrogen and oxygen atoms in total. The van der Waals surface area contributed by atoms with Crippen molar-refractivity contribution in [2.24, 2.45) is 0 Å². The summed E-state index contributed by atoms with van der Waals surface area (Å²) in [7, 11) is 0. The van der Waals surface area contributed by atoms with Gasteiger partial charge in [-0.3, -0.25) is 4.79 Å². The van der Waals surface area contributed by atoms with Crippen LogP contribution in [-0.4, -0.2) is 49.6 Å². The molecule has 1 aromatic rings. The fourth-order valence-corrected chi connectivity index (χ4v) is 2.56. The van der Waals surface area contributed by atoms with E-state index in [4.69, 9.17) is 4.74 Å². The quantitative estimate of drug-likeness (QED) is 0.870. The van der Waals surface area contributed by atoms with Crippen LogP contribution in [0.4, 0.5) is 0 Å². The molecule has 1 N–H and O–H groups in total. The van der Waals surface area contributed by atoms with Crippen molar-refractivity contribution in [3.8, 4) is 5.75 Å². The van der Waals surface area contributed by atoms with Gasteiger partial charge in [0.05, 0.1) is 32.2 Å². The molecule has 0 radical (unpaired) electrons. The summed E-state index contributed by atoms with van der Waals surface area (Å²) in [6.45, 7) is 10.4. The Balaban J connectivity index is 1.78. The first-order valence-electron chi connectivity index (χ1n) is 7.38. The predicted octanol–water partition coefficient (Wildman–Crippen LogP) is 0.509. The highest BCUT2D eigenvalue weighted by Gasteiger charge is 2.25. The Hall–Kier alpha value is -1.55. The van der Waals surface area contributed by atoms with Crippen molar-refractivity contribution in [3.63, 3.8) is 0 Å². The van der Waals surface area contributed by atoms with Gasteiger partial charge in [0.15, 0.2) is 6.61 Å². The Morgan fingerprint density at radius 2 is 2.05 bits per heavy atom. The van der Waals surface area contributed by atoms with Gasteiger partial charge >= 0.3 is 0 Å². The molecule has 0 aliphatic carbocycles. The van der Waals surface area contributed by atoms with Crippen molar-refractivity contribution in [1.82, 2.24) is 4.90 Å². The Morgan fingerprint density at radius 3 is 2.65 bits per heavy atom. The maximum Gasteiger partial charge on any atom is 0.260 e. The third kappa shape index (κ3) is 3.97. The number of ether oxygens (including phenoxy) is 1. The van der Waals surface area contributed by atoms with E-state index in [1.54, 1.807) is 4.90 Å². The van der Waals surface area contributed by atoms with E-state index >= 15 is 0 Å². The molecule has 20 heavy (non-hydrogen) atoms. The van der Waals surface area contributed by atoms with Gasteiger partial charge in [-0.2, -0.15) is 0 Å². The zero-order valence-electron chi connectivity index (χ0n) is 12.7. The van der Waals surface area contributed by atoms with Crippen molar-refractivity contribution in [1.29, 1.82) is 0 Å². The molecule has 1 amide bonds. The smallest absolute Gasteiger partial charge is 0.260 e. The number of hydrogen-bond donors (Lipinski definition) is 1. The molecular formula is C16H25N2O2+. The van der Waals surface area contributed by atoms with E-state index in [1.807, 2.05) is 36.1 Å². The van der Waals surface area contributed by atoms with Gasteiger partial charge in [0, 0.05) is 0 Å². The Bertz CT molecular complexity index is 452. The van der Waals surface area contributed by atoms with E-state index in [9.17, 15) is 4.79 Å². The number of nitrogens with zero attached hydrogens (tertiary/aromatic N) is 1. The van der Waals surface area contributed by atoms with Crippen molar-refractivity contribution < 1.29 is 14.4 Å². The lowest BCUT2D eigenvalue weighted by molar-refractivity contribution is -0.925. The first-order valence-corrected chi connectivity index (χ1v) is 7.38. The van der Waals surface area contributed by atoms with Crippen LogP contribution in [0.3, 0.4) is 0 Å². The van der Waals surface area contributed by atoms with Gasteiger partial charge in [0.25, 0.3) is 5.91 Å². The highest BCUT2D eigenvalue weighted by atomic mass is 16.5. The number of amides is 1. The number of nitrogens with one attached hydrogen (secondary N) is 1. The molecular weight excluding hydrogens is 252 g/mol. The molecule has 0 bridgehead atoms. The molecule has 0 spiro atoms. The van der Waals surface area contributed by atoms with Crippen LogP contribution < -0.4 is 9.64 Å². The second-order valence-electron chi connectivity index (χ2n) is 5.80. The fraction of sp³-hybridized carbons (Fsp3) is 0.562. The standard InChI is InChI=1S/C16H24N2O2/c1-13(2)17-7-9-18(10-8-17)16(19)12-20-15-6-4-5-14(3)11-15/h4-6,11,13H,7-10,12H2,1-3H3/p+1. The van der Waals surface area contributed by atoms with Gasteiger partial charge in [0.2, 0.25) is 0 Å². The van der Waals surface area contributed by atoms with E-state index in [1.165, 1.54) is 0 Å². The van der Waals surface area contributed by atoms with E-state index in [0.717, 1.165) is 37.5 Å². The summed E-state index contributed by atoms with van der Waals surface area (Å²) < 4.78 is 5.58. The van der Waals surface area contributed by atoms with Crippen LogP contribution in [0.15, 0.2) is 24.3 Å². The molecule has 1 aliphatic rings. The second kappa shape index (κ2) is 6.75. The molecule has 0 atom stereocenters. The van der Waals surface area contributed by atoms with E-state index in [-0.39, 0.29) is 12.5 Å². The van der Waals surface area contributed by atoms with Crippen molar-refractivity contribution in [2.75, 3.05) is 32.8 Å². The molecule has 2 rings (SSSR count). The van der Waals surface area contributed by atoms with E-state index < -0.39 is 0 Å². The summed E-state index contributed by atoms with van der Waals surface area (Å²) in [6.07, 6.45) is 0. The summed E-state index contributed by atoms with van der Waals surface area (Å²) >= 11 is 0. The molecule has 1 aliphatic heterocycles. The van der Waals surface area contributed by atoms with Crippen LogP contribution in [0.25, 0.3) is 0 Å². The second-order valence-corrected chi connectivity index (χ2v) is 5.80. The van der Waals surface area contributed by atoms with E-state index in [2.05, 4.69) is 13.8 Å². The first kappa shape index (κ1) is 14.9. The number of carbonyl (C=O) groups excluding carboxylic acids is 1. The minimum absolute atomic E-state index is 0.0920. The lowest BCUT2D eigenvalue weighted by Gasteiger charge is -2.34. The number of piperazine rings is 1. The molecule has 1 heterocycles. The van der Waals surface area contributed by atoms with Crippen LogP contribution in [0.2, 0.25) is 0 Å². The van der Waals surface area contributed by atoms with Crippen LogP contribution in [-0.2, 0) is 4.79 Å². The molecule has 0 aromatic heterocycles. The Kier molecular flexibility index (Phi) is 5.01. The van der Waals surface area contributed by atoms with Crippen LogP contribution in [0, 0.1) is 6.92 Å². The highest BCUT2D eigenvalue weighted by molar-refractivity contribution is 5.77. The fourth-order valence-electron chi connectivity index (χ4n) is 2.56. The predicted molar refractivity (Wildman–Crippen MR) is 79.1 cm³/mol. The van der Waals surface area contributed by atoms with Crippen molar-refractivity contribution in [2.45, 2.75) is 26.8 Å². The molecule has 1 fully saturated rings. The summed E-state index contributed by atoms with van der Waals surface area (Å²) in [5.41, 5.74) is 1.14. The van der Waals surface area contributed by atoms with Gasteiger partial charge in [-0.25, -0.2) is 0 Å². The zero-order valence-corrected chi connectivity index (χ0v) is 12.7. The minimum atomic E-state index is 0.0920. The first-order chi connectivity index (χ1) is 9.56. The van der Waals surface area contributed by atoms with Gasteiger partial charge in [-0.1, -0.05) is 12.1 Å². The number of hydrogen-bond acceptors (Lipinski definition) is 2. The summed E-state index contributed by atoms with van der Waals surface area (Å²) in [4.78, 5) is 15.6. The van der Waals surface area contributed by atoms with E-state index in [0.29, 0.717) is 6.04 Å². The van der Waals surface area contributed by atoms with Gasteiger partial charge in [-0.05, 0) is 38.5 Å². The van der Waals surface area contributed by atoms with Crippen LogP contribution in [0.5, 0.6) is 5.75 Å². The number of benzene rings is 1. The Labute approximate surface area is 121 Å². The van der Waals surface area contributed by atoms with Gasteiger partial charge < -0.3 is 14.5 Å². The normalized spacial score (nSPS) is 16.5. The third-order valence-electron chi connectivity index (χ3n) is 3.93. The van der Waals surface area contributed by atoms with Gasteiger partial charge in [0.1, 0.15) is 5.75 Å². The number of quaternary nitrogens is 1. The maximum atomic E-state index is 12.1. The van der Waals surface area contributed by atoms with Gasteiger partial charge in [-0.15, -0.1) is 0 Å². The average Bonchev–Trinajstić information content (AvgIpc) is 2.45. The Morgan fingerprint density at radius 1 is 1.35 bits per heavy atom. The summed E-state index contributed by atoms with van der Waals surface area (Å²) in [5.74, 6) is 0.860. The molecule has 1 saturated heterocycles. The van der Waals surface area contributed by atoms with Crippen LogP contribution >= 0.6 is 0 Å². The number of carbonyl (C=O) groups is 1. The monoisotopic (exact) mass is 277 g/mol. The molecule has 4 heteroatoms. The lowest BCUT2D eigenvalue weighted by atomic mass is 10.2. The number of aryl methyl sites for hydroxylation is 1.